The summed E-state index contributed by atoms with van der Waals surface area (Å²) in [7, 11) is 1.51. The third kappa shape index (κ3) is 3.59. The standard InChI is InChI=1S/C18H19ClFNO2/c1-23-17-9-12(8-16(19)18(17)22)10-21-7-6-14(11-21)13-2-4-15(20)5-3-13/h2-5,8-9,14,22H,6-7,10-11H2,1H3. The molecule has 1 heterocycles. The number of likely N-dealkylation sites (tertiary alicyclic amines) is 1. The predicted octanol–water partition coefficient (Wildman–Crippen LogP) is 4.18. The molecule has 122 valence electrons. The first-order valence-electron chi connectivity index (χ1n) is 7.60. The first-order valence-corrected chi connectivity index (χ1v) is 7.98. The van der Waals surface area contributed by atoms with Gasteiger partial charge in [-0.1, -0.05) is 23.7 Å². The molecule has 0 spiro atoms. The monoisotopic (exact) mass is 335 g/mol. The van der Waals surface area contributed by atoms with Gasteiger partial charge in [-0.2, -0.15) is 0 Å². The number of rotatable bonds is 4. The summed E-state index contributed by atoms with van der Waals surface area (Å²) < 4.78 is 18.2. The molecule has 1 atom stereocenters. The molecule has 1 unspecified atom stereocenters. The molecule has 1 saturated heterocycles. The molecular formula is C18H19ClFNO2. The lowest BCUT2D eigenvalue weighted by Gasteiger charge is -2.17. The van der Waals surface area contributed by atoms with Crippen LogP contribution < -0.4 is 4.74 Å². The summed E-state index contributed by atoms with van der Waals surface area (Å²) in [6.45, 7) is 2.64. The first-order chi connectivity index (χ1) is 11.1. The summed E-state index contributed by atoms with van der Waals surface area (Å²) in [4.78, 5) is 2.33. The van der Waals surface area contributed by atoms with Gasteiger partial charge in [-0.3, -0.25) is 4.90 Å². The van der Waals surface area contributed by atoms with Crippen molar-refractivity contribution in [2.24, 2.45) is 0 Å². The lowest BCUT2D eigenvalue weighted by Crippen LogP contribution is -2.19. The van der Waals surface area contributed by atoms with Crippen LogP contribution in [0.25, 0.3) is 0 Å². The van der Waals surface area contributed by atoms with Gasteiger partial charge in [-0.15, -0.1) is 0 Å². The lowest BCUT2D eigenvalue weighted by atomic mass is 9.99. The number of hydrogen-bond donors (Lipinski definition) is 1. The fraction of sp³-hybridized carbons (Fsp3) is 0.333. The van der Waals surface area contributed by atoms with Gasteiger partial charge in [0, 0.05) is 13.1 Å². The Hall–Kier alpha value is -1.78. The van der Waals surface area contributed by atoms with Crippen LogP contribution in [0.3, 0.4) is 0 Å². The summed E-state index contributed by atoms with van der Waals surface area (Å²) in [6, 6.07) is 10.3. The Bertz CT molecular complexity index is 690. The summed E-state index contributed by atoms with van der Waals surface area (Å²) in [5, 5.41) is 10.1. The molecule has 2 aromatic carbocycles. The Morgan fingerprint density at radius 3 is 2.74 bits per heavy atom. The lowest BCUT2D eigenvalue weighted by molar-refractivity contribution is 0.324. The zero-order valence-corrected chi connectivity index (χ0v) is 13.7. The molecule has 5 heteroatoms. The van der Waals surface area contributed by atoms with Crippen LogP contribution in [0.5, 0.6) is 11.5 Å². The maximum atomic E-state index is 13.0. The van der Waals surface area contributed by atoms with E-state index in [-0.39, 0.29) is 11.6 Å². The second-order valence-corrected chi connectivity index (χ2v) is 6.31. The molecule has 23 heavy (non-hydrogen) atoms. The SMILES string of the molecule is COc1cc(CN2CCC(c3ccc(F)cc3)C2)cc(Cl)c1O. The van der Waals surface area contributed by atoms with Gasteiger partial charge in [0.25, 0.3) is 0 Å². The minimum atomic E-state index is -0.200. The van der Waals surface area contributed by atoms with Crippen molar-refractivity contribution in [2.75, 3.05) is 20.2 Å². The molecule has 0 bridgehead atoms. The Kier molecular flexibility index (Phi) is 4.74. The van der Waals surface area contributed by atoms with Crippen molar-refractivity contribution in [3.05, 3.63) is 58.4 Å². The number of ether oxygens (including phenoxy) is 1. The normalized spacial score (nSPS) is 18.3. The van der Waals surface area contributed by atoms with Crippen molar-refractivity contribution >= 4 is 11.6 Å². The number of aromatic hydroxyl groups is 1. The van der Waals surface area contributed by atoms with E-state index >= 15 is 0 Å². The van der Waals surface area contributed by atoms with E-state index in [1.807, 2.05) is 18.2 Å². The molecule has 0 radical (unpaired) electrons. The Morgan fingerprint density at radius 1 is 1.30 bits per heavy atom. The fourth-order valence-electron chi connectivity index (χ4n) is 3.12. The van der Waals surface area contributed by atoms with Crippen molar-refractivity contribution in [1.82, 2.24) is 4.90 Å². The maximum absolute atomic E-state index is 13.0. The van der Waals surface area contributed by atoms with Crippen LogP contribution in [0.2, 0.25) is 5.02 Å². The maximum Gasteiger partial charge on any atom is 0.176 e. The van der Waals surface area contributed by atoms with E-state index in [1.165, 1.54) is 24.8 Å². The van der Waals surface area contributed by atoms with E-state index in [1.54, 1.807) is 6.07 Å². The number of hydrogen-bond acceptors (Lipinski definition) is 3. The van der Waals surface area contributed by atoms with Crippen LogP contribution in [0.1, 0.15) is 23.5 Å². The van der Waals surface area contributed by atoms with Crippen LogP contribution >= 0.6 is 11.6 Å². The summed E-state index contributed by atoms with van der Waals surface area (Å²) in [5.74, 6) is 0.588. The molecule has 0 saturated carbocycles. The van der Waals surface area contributed by atoms with Crippen LogP contribution in [0.4, 0.5) is 4.39 Å². The third-order valence-corrected chi connectivity index (χ3v) is 4.62. The molecule has 3 nitrogen and oxygen atoms in total. The molecule has 1 aliphatic heterocycles. The molecule has 1 fully saturated rings. The summed E-state index contributed by atoms with van der Waals surface area (Å²) >= 11 is 6.04. The van der Waals surface area contributed by atoms with Gasteiger partial charge in [0.15, 0.2) is 11.5 Å². The third-order valence-electron chi connectivity index (χ3n) is 4.33. The van der Waals surface area contributed by atoms with Crippen LogP contribution in [0.15, 0.2) is 36.4 Å². The smallest absolute Gasteiger partial charge is 0.176 e. The quantitative estimate of drug-likeness (QED) is 0.909. The Morgan fingerprint density at radius 2 is 2.04 bits per heavy atom. The summed E-state index contributed by atoms with van der Waals surface area (Å²) in [6.07, 6.45) is 1.05. The average Bonchev–Trinajstić information content (AvgIpc) is 3.00. The van der Waals surface area contributed by atoms with E-state index in [4.69, 9.17) is 16.3 Å². The zero-order valence-electron chi connectivity index (χ0n) is 12.9. The van der Waals surface area contributed by atoms with E-state index < -0.39 is 0 Å². The van der Waals surface area contributed by atoms with Gasteiger partial charge >= 0.3 is 0 Å². The van der Waals surface area contributed by atoms with Gasteiger partial charge in [-0.25, -0.2) is 4.39 Å². The number of nitrogens with zero attached hydrogens (tertiary/aromatic N) is 1. The molecule has 1 N–H and O–H groups in total. The van der Waals surface area contributed by atoms with Gasteiger partial charge in [0.1, 0.15) is 5.82 Å². The largest absolute Gasteiger partial charge is 0.503 e. The second-order valence-electron chi connectivity index (χ2n) is 5.90. The second kappa shape index (κ2) is 6.77. The van der Waals surface area contributed by atoms with Crippen molar-refractivity contribution in [3.8, 4) is 11.5 Å². The molecule has 2 aromatic rings. The Labute approximate surface area is 140 Å². The zero-order chi connectivity index (χ0) is 16.4. The van der Waals surface area contributed by atoms with Gasteiger partial charge in [0.05, 0.1) is 12.1 Å². The minimum absolute atomic E-state index is 0.0245. The van der Waals surface area contributed by atoms with E-state index in [9.17, 15) is 9.50 Å². The molecule has 0 amide bonds. The first kappa shape index (κ1) is 16.1. The van der Waals surface area contributed by atoms with Gasteiger partial charge in [-0.05, 0) is 54.3 Å². The molecule has 1 aliphatic rings. The molecular weight excluding hydrogens is 317 g/mol. The Balaban J connectivity index is 1.68. The van der Waals surface area contributed by atoms with Crippen molar-refractivity contribution in [2.45, 2.75) is 18.9 Å². The highest BCUT2D eigenvalue weighted by atomic mass is 35.5. The highest BCUT2D eigenvalue weighted by molar-refractivity contribution is 6.32. The number of halogens is 2. The topological polar surface area (TPSA) is 32.7 Å². The van der Waals surface area contributed by atoms with E-state index in [2.05, 4.69) is 4.90 Å². The van der Waals surface area contributed by atoms with Crippen LogP contribution in [0, 0.1) is 5.82 Å². The minimum Gasteiger partial charge on any atom is -0.503 e. The van der Waals surface area contributed by atoms with Crippen molar-refractivity contribution < 1.29 is 14.2 Å². The van der Waals surface area contributed by atoms with E-state index in [0.29, 0.717) is 16.7 Å². The number of benzene rings is 2. The number of phenolic OH excluding ortho intramolecular Hbond substituents is 1. The van der Waals surface area contributed by atoms with Crippen molar-refractivity contribution in [1.29, 1.82) is 0 Å². The molecule has 3 rings (SSSR count). The summed E-state index contributed by atoms with van der Waals surface area (Å²) in [5.41, 5.74) is 2.18. The predicted molar refractivity (Wildman–Crippen MR) is 88.7 cm³/mol. The van der Waals surface area contributed by atoms with Crippen molar-refractivity contribution in [3.63, 3.8) is 0 Å². The van der Waals surface area contributed by atoms with Gasteiger partial charge in [0.2, 0.25) is 0 Å². The van der Waals surface area contributed by atoms with Gasteiger partial charge < -0.3 is 9.84 Å². The van der Waals surface area contributed by atoms with Crippen LogP contribution in [-0.4, -0.2) is 30.2 Å². The number of phenols is 1. The van der Waals surface area contributed by atoms with Crippen LogP contribution in [-0.2, 0) is 6.54 Å². The number of methoxy groups -OCH3 is 1. The highest BCUT2D eigenvalue weighted by Gasteiger charge is 2.24. The highest BCUT2D eigenvalue weighted by Crippen LogP contribution is 2.36. The fourth-order valence-corrected chi connectivity index (χ4v) is 3.35. The molecule has 0 aliphatic carbocycles. The molecule has 0 aromatic heterocycles. The van der Waals surface area contributed by atoms with E-state index in [0.717, 1.165) is 31.6 Å². The average molecular weight is 336 g/mol.